The van der Waals surface area contributed by atoms with Crippen molar-refractivity contribution in [2.45, 2.75) is 6.92 Å². The van der Waals surface area contributed by atoms with Crippen LogP contribution in [-0.2, 0) is 19.2 Å². The van der Waals surface area contributed by atoms with Gasteiger partial charge in [-0.2, -0.15) is 0 Å². The summed E-state index contributed by atoms with van der Waals surface area (Å²) in [5, 5.41) is 27.6. The van der Waals surface area contributed by atoms with Crippen molar-refractivity contribution < 1.29 is 44.0 Å². The van der Waals surface area contributed by atoms with Crippen molar-refractivity contribution in [2.75, 3.05) is 0 Å². The quantitative estimate of drug-likeness (QED) is 0.486. The molecule has 1 heterocycles. The second-order valence-corrected chi connectivity index (χ2v) is 1.65. The molecule has 0 aliphatic heterocycles. The molecule has 9 heteroatoms. The highest BCUT2D eigenvalue weighted by molar-refractivity contribution is 5.33. The summed E-state index contributed by atoms with van der Waals surface area (Å²) >= 11 is 0. The second kappa shape index (κ2) is 36.8. The topological polar surface area (TPSA) is 162 Å². The van der Waals surface area contributed by atoms with Gasteiger partial charge in [-0.05, 0) is 19.1 Å². The lowest BCUT2D eigenvalue weighted by molar-refractivity contribution is -0.123. The van der Waals surface area contributed by atoms with E-state index in [9.17, 15) is 0 Å². The van der Waals surface area contributed by atoms with Gasteiger partial charge in [-0.1, -0.05) is 0 Å². The van der Waals surface area contributed by atoms with Crippen molar-refractivity contribution >= 4 is 25.9 Å². The van der Waals surface area contributed by atoms with Crippen LogP contribution in [0.2, 0.25) is 0 Å². The average Bonchev–Trinajstić information content (AvgIpc) is 2.74. The molecule has 1 aromatic heterocycles. The molecule has 0 fully saturated rings. The summed E-state index contributed by atoms with van der Waals surface area (Å²) in [6, 6.07) is 3.79. The smallest absolute Gasteiger partial charge is 0.290 e. The first-order valence-electron chi connectivity index (χ1n) is 3.87. The van der Waals surface area contributed by atoms with Gasteiger partial charge in [0.25, 0.3) is 25.9 Å². The Hall–Kier alpha value is -2.84. The van der Waals surface area contributed by atoms with Crippen LogP contribution in [0.1, 0.15) is 5.76 Å². The molecule has 0 saturated heterocycles. The van der Waals surface area contributed by atoms with Crippen molar-refractivity contribution in [1.82, 2.24) is 0 Å². The van der Waals surface area contributed by atoms with E-state index >= 15 is 0 Å². The Morgan fingerprint density at radius 2 is 1.17 bits per heavy atom. The zero-order chi connectivity index (χ0) is 15.2. The van der Waals surface area contributed by atoms with Crippen LogP contribution >= 0.6 is 0 Å². The number of hydrogen-bond donors (Lipinski definition) is 4. The summed E-state index contributed by atoms with van der Waals surface area (Å²) in [6.07, 6.45) is 1.66. The largest absolute Gasteiger partial charge is 0.483 e. The minimum absolute atomic E-state index is 0.250. The molecule has 0 spiro atoms. The van der Waals surface area contributed by atoms with E-state index in [2.05, 4.69) is 0 Å². The Morgan fingerprint density at radius 1 is 0.889 bits per heavy atom. The maximum atomic E-state index is 8.36. The van der Waals surface area contributed by atoms with Crippen molar-refractivity contribution in [3.63, 3.8) is 0 Å². The van der Waals surface area contributed by atoms with Crippen LogP contribution in [0.25, 0.3) is 0 Å². The molecule has 0 aromatic carbocycles. The zero-order valence-electron chi connectivity index (χ0n) is 9.37. The monoisotopic (exact) mass is 266 g/mol. The van der Waals surface area contributed by atoms with Crippen LogP contribution in [0.15, 0.2) is 22.8 Å². The van der Waals surface area contributed by atoms with Gasteiger partial charge in [0.1, 0.15) is 5.76 Å². The van der Waals surface area contributed by atoms with Crippen molar-refractivity contribution in [2.24, 2.45) is 0 Å². The van der Waals surface area contributed by atoms with Gasteiger partial charge >= 0.3 is 0 Å². The molecule has 0 radical (unpaired) electrons. The van der Waals surface area contributed by atoms with Crippen LogP contribution in [0.4, 0.5) is 0 Å². The van der Waals surface area contributed by atoms with Crippen LogP contribution in [0.3, 0.4) is 0 Å². The number of carbonyl (C=O) groups is 4. The standard InChI is InChI=1S/C5H6O.4CH2O2/c1-5-3-2-4-6-5;4*2-1-3/h2-4H,1H3;4*1H,(H,2,3). The highest BCUT2D eigenvalue weighted by Gasteiger charge is 1.75. The zero-order valence-corrected chi connectivity index (χ0v) is 9.37. The molecule has 18 heavy (non-hydrogen) atoms. The fourth-order valence-electron chi connectivity index (χ4n) is 0.361. The molecule has 0 atom stereocenters. The van der Waals surface area contributed by atoms with Crippen LogP contribution < -0.4 is 0 Å². The first-order chi connectivity index (χ1) is 8.55. The van der Waals surface area contributed by atoms with Crippen molar-refractivity contribution in [3.8, 4) is 0 Å². The third kappa shape index (κ3) is 112. The Morgan fingerprint density at radius 3 is 1.22 bits per heavy atom. The summed E-state index contributed by atoms with van der Waals surface area (Å²) in [4.78, 5) is 33.4. The maximum Gasteiger partial charge on any atom is 0.290 e. The van der Waals surface area contributed by atoms with Gasteiger partial charge in [0, 0.05) is 0 Å². The molecule has 0 amide bonds. The molecule has 9 nitrogen and oxygen atoms in total. The Balaban J connectivity index is -0.0000000723. The summed E-state index contributed by atoms with van der Waals surface area (Å²) in [5.41, 5.74) is 0. The number of rotatable bonds is 0. The molecule has 0 unspecified atom stereocenters. The predicted octanol–water partition coefficient (Wildman–Crippen LogP) is 0.391. The summed E-state index contributed by atoms with van der Waals surface area (Å²) in [6.45, 7) is 0.917. The third-order valence-electron chi connectivity index (χ3n) is 0.663. The normalized spacial score (nSPS) is 5.61. The highest BCUT2D eigenvalue weighted by atomic mass is 16.4. The van der Waals surface area contributed by atoms with Gasteiger partial charge in [0.2, 0.25) is 0 Å². The van der Waals surface area contributed by atoms with Gasteiger partial charge in [-0.25, -0.2) is 0 Å². The van der Waals surface area contributed by atoms with E-state index in [4.69, 9.17) is 44.0 Å². The molecule has 4 N–H and O–H groups in total. The molecule has 1 aromatic rings. The Kier molecular flexibility index (Phi) is 49.9. The van der Waals surface area contributed by atoms with Crippen LogP contribution in [0.5, 0.6) is 0 Å². The van der Waals surface area contributed by atoms with E-state index in [1.165, 1.54) is 0 Å². The summed E-state index contributed by atoms with van der Waals surface area (Å²) < 4.78 is 4.83. The molecule has 0 aliphatic rings. The second-order valence-electron chi connectivity index (χ2n) is 1.65. The van der Waals surface area contributed by atoms with E-state index < -0.39 is 0 Å². The molecular formula is C9H14O9. The molecule has 0 saturated carbocycles. The lowest BCUT2D eigenvalue weighted by atomic mass is 10.5. The molecule has 104 valence electrons. The number of aryl methyl sites for hydroxylation is 1. The SMILES string of the molecule is Cc1ccco1.O=CO.O=CO.O=CO.O=CO. The number of hydrogen-bond acceptors (Lipinski definition) is 5. The Bertz CT molecular complexity index is 231. The minimum Gasteiger partial charge on any atom is -0.483 e. The molecule has 1 rings (SSSR count). The van der Waals surface area contributed by atoms with Crippen LogP contribution in [0, 0.1) is 6.92 Å². The van der Waals surface area contributed by atoms with E-state index in [0.29, 0.717) is 0 Å². The van der Waals surface area contributed by atoms with E-state index in [-0.39, 0.29) is 25.9 Å². The average molecular weight is 266 g/mol. The minimum atomic E-state index is -0.250. The van der Waals surface area contributed by atoms with Gasteiger partial charge in [-0.3, -0.25) is 19.2 Å². The first kappa shape index (κ1) is 24.4. The fourth-order valence-corrected chi connectivity index (χ4v) is 0.361. The van der Waals surface area contributed by atoms with Gasteiger partial charge in [0.05, 0.1) is 6.26 Å². The molecule has 0 bridgehead atoms. The lowest BCUT2D eigenvalue weighted by Gasteiger charge is -1.69. The maximum absolute atomic E-state index is 8.36. The van der Waals surface area contributed by atoms with Gasteiger partial charge in [0.15, 0.2) is 0 Å². The highest BCUT2D eigenvalue weighted by Crippen LogP contribution is 1.93. The van der Waals surface area contributed by atoms with E-state index in [1.807, 2.05) is 19.1 Å². The molecule has 0 aliphatic carbocycles. The summed E-state index contributed by atoms with van der Waals surface area (Å²) in [7, 11) is 0. The van der Waals surface area contributed by atoms with Gasteiger partial charge in [-0.15, -0.1) is 0 Å². The number of furan rings is 1. The Labute approximate surface area is 102 Å². The van der Waals surface area contributed by atoms with E-state index in [1.54, 1.807) is 6.26 Å². The van der Waals surface area contributed by atoms with Crippen molar-refractivity contribution in [3.05, 3.63) is 24.2 Å². The third-order valence-corrected chi connectivity index (χ3v) is 0.663. The van der Waals surface area contributed by atoms with Gasteiger partial charge < -0.3 is 24.8 Å². The fraction of sp³-hybridized carbons (Fsp3) is 0.111. The van der Waals surface area contributed by atoms with Crippen molar-refractivity contribution in [1.29, 1.82) is 0 Å². The first-order valence-corrected chi connectivity index (χ1v) is 3.87. The summed E-state index contributed by atoms with van der Waals surface area (Å²) in [5.74, 6) is 0.968. The molecular weight excluding hydrogens is 252 g/mol. The van der Waals surface area contributed by atoms with Crippen LogP contribution in [-0.4, -0.2) is 46.3 Å². The van der Waals surface area contributed by atoms with E-state index in [0.717, 1.165) is 5.76 Å². The predicted molar refractivity (Wildman–Crippen MR) is 58.2 cm³/mol. The number of carboxylic acid groups (broad SMARTS) is 4. The lowest BCUT2D eigenvalue weighted by Crippen LogP contribution is -1.49.